The van der Waals surface area contributed by atoms with Crippen LogP contribution in [0.5, 0.6) is 0 Å². The number of aromatic nitrogens is 1. The number of hydrogen-bond acceptors (Lipinski definition) is 3. The van der Waals surface area contributed by atoms with Crippen LogP contribution >= 0.6 is 0 Å². The Kier molecular flexibility index (Phi) is 2.86. The average molecular weight is 160 g/mol. The van der Waals surface area contributed by atoms with Crippen LogP contribution < -0.4 is 0 Å². The van der Waals surface area contributed by atoms with E-state index in [4.69, 9.17) is 10.00 Å². The van der Waals surface area contributed by atoms with E-state index in [-0.39, 0.29) is 0 Å². The van der Waals surface area contributed by atoms with E-state index >= 15 is 0 Å². The number of pyridine rings is 1. The molecule has 1 aromatic heterocycles. The van der Waals surface area contributed by atoms with Gasteiger partial charge in [-0.25, -0.2) is 0 Å². The molecule has 0 bridgehead atoms. The van der Waals surface area contributed by atoms with E-state index in [0.29, 0.717) is 5.76 Å². The van der Waals surface area contributed by atoms with E-state index in [2.05, 4.69) is 4.98 Å². The summed E-state index contributed by atoms with van der Waals surface area (Å²) in [6.07, 6.45) is 4.66. The van der Waals surface area contributed by atoms with Crippen molar-refractivity contribution in [2.75, 3.05) is 7.11 Å². The summed E-state index contributed by atoms with van der Waals surface area (Å²) in [5.41, 5.74) is 0.856. The van der Waals surface area contributed by atoms with E-state index in [1.54, 1.807) is 24.5 Å². The molecule has 0 saturated heterocycles. The lowest BCUT2D eigenvalue weighted by molar-refractivity contribution is 0.370. The Hall–Kier alpha value is -1.82. The van der Waals surface area contributed by atoms with Crippen LogP contribution in [0.15, 0.2) is 30.6 Å². The number of ether oxygens (including phenoxy) is 1. The Morgan fingerprint density at radius 3 is 2.75 bits per heavy atom. The highest BCUT2D eigenvalue weighted by atomic mass is 16.5. The van der Waals surface area contributed by atoms with Gasteiger partial charge in [-0.2, -0.15) is 5.26 Å². The number of hydrogen-bond donors (Lipinski definition) is 0. The van der Waals surface area contributed by atoms with Crippen molar-refractivity contribution >= 4 is 5.76 Å². The van der Waals surface area contributed by atoms with E-state index in [1.165, 1.54) is 13.2 Å². The summed E-state index contributed by atoms with van der Waals surface area (Å²) in [7, 11) is 1.53. The molecule has 0 radical (unpaired) electrons. The van der Waals surface area contributed by atoms with Gasteiger partial charge in [-0.15, -0.1) is 0 Å². The SMILES string of the molecule is CO/C(=C\C#N)c1ccncc1. The van der Waals surface area contributed by atoms with Crippen LogP contribution in [0, 0.1) is 11.3 Å². The van der Waals surface area contributed by atoms with Crippen molar-refractivity contribution in [2.24, 2.45) is 0 Å². The van der Waals surface area contributed by atoms with E-state index in [0.717, 1.165) is 5.56 Å². The zero-order valence-corrected chi connectivity index (χ0v) is 6.69. The van der Waals surface area contributed by atoms with Gasteiger partial charge >= 0.3 is 0 Å². The van der Waals surface area contributed by atoms with Gasteiger partial charge in [0, 0.05) is 18.0 Å². The maximum Gasteiger partial charge on any atom is 0.136 e. The number of nitriles is 1. The molecule has 0 fully saturated rings. The molecule has 0 spiro atoms. The van der Waals surface area contributed by atoms with Gasteiger partial charge in [0.1, 0.15) is 5.76 Å². The molecule has 12 heavy (non-hydrogen) atoms. The lowest BCUT2D eigenvalue weighted by Gasteiger charge is -2.02. The van der Waals surface area contributed by atoms with Gasteiger partial charge in [-0.3, -0.25) is 4.98 Å². The normalized spacial score (nSPS) is 10.5. The summed E-state index contributed by atoms with van der Waals surface area (Å²) < 4.78 is 4.99. The third kappa shape index (κ3) is 1.83. The number of methoxy groups -OCH3 is 1. The Labute approximate surface area is 70.9 Å². The van der Waals surface area contributed by atoms with Gasteiger partial charge in [-0.05, 0) is 12.1 Å². The molecule has 0 aliphatic heterocycles. The van der Waals surface area contributed by atoms with Crippen molar-refractivity contribution in [2.45, 2.75) is 0 Å². The first-order chi connectivity index (χ1) is 5.88. The molecule has 0 aliphatic carbocycles. The number of rotatable bonds is 2. The number of nitrogens with zero attached hydrogens (tertiary/aromatic N) is 2. The average Bonchev–Trinajstić information content (AvgIpc) is 2.15. The molecule has 0 saturated carbocycles. The number of allylic oxidation sites excluding steroid dienone is 1. The Bertz CT molecular complexity index is 311. The zero-order valence-electron chi connectivity index (χ0n) is 6.69. The fourth-order valence-electron chi connectivity index (χ4n) is 0.835. The third-order valence-electron chi connectivity index (χ3n) is 1.38. The van der Waals surface area contributed by atoms with Crippen LogP contribution in [0.1, 0.15) is 5.56 Å². The highest BCUT2D eigenvalue weighted by Crippen LogP contribution is 2.12. The molecular formula is C9H8N2O. The Morgan fingerprint density at radius 2 is 2.25 bits per heavy atom. The van der Waals surface area contributed by atoms with Crippen LogP contribution in [0.2, 0.25) is 0 Å². The lowest BCUT2D eigenvalue weighted by atomic mass is 10.2. The molecular weight excluding hydrogens is 152 g/mol. The highest BCUT2D eigenvalue weighted by Gasteiger charge is 1.97. The molecule has 0 amide bonds. The minimum atomic E-state index is 0.555. The highest BCUT2D eigenvalue weighted by molar-refractivity contribution is 5.61. The molecule has 3 heteroatoms. The van der Waals surface area contributed by atoms with Crippen molar-refractivity contribution in [3.8, 4) is 6.07 Å². The second-order valence-electron chi connectivity index (χ2n) is 2.08. The molecule has 1 heterocycles. The second kappa shape index (κ2) is 4.14. The standard InChI is InChI=1S/C9H8N2O/c1-12-9(2-5-10)8-3-6-11-7-4-8/h2-4,6-7H,1H3/b9-2-. The maximum atomic E-state index is 8.41. The third-order valence-corrected chi connectivity index (χ3v) is 1.38. The van der Waals surface area contributed by atoms with Crippen molar-refractivity contribution in [3.05, 3.63) is 36.2 Å². The Balaban J connectivity index is 2.98. The molecule has 1 aromatic rings. The van der Waals surface area contributed by atoms with Gasteiger partial charge in [-0.1, -0.05) is 0 Å². The van der Waals surface area contributed by atoms with Crippen LogP contribution in [-0.2, 0) is 4.74 Å². The molecule has 0 unspecified atom stereocenters. The van der Waals surface area contributed by atoms with Crippen molar-refractivity contribution < 1.29 is 4.74 Å². The van der Waals surface area contributed by atoms with Gasteiger partial charge in [0.05, 0.1) is 19.3 Å². The molecule has 0 atom stereocenters. The summed E-state index contributed by atoms with van der Waals surface area (Å²) in [4.78, 5) is 3.86. The summed E-state index contributed by atoms with van der Waals surface area (Å²) in [6.45, 7) is 0. The van der Waals surface area contributed by atoms with E-state index < -0.39 is 0 Å². The quantitative estimate of drug-likeness (QED) is 0.487. The first-order valence-electron chi connectivity index (χ1n) is 3.42. The van der Waals surface area contributed by atoms with Crippen LogP contribution in [0.25, 0.3) is 5.76 Å². The topological polar surface area (TPSA) is 45.9 Å². The maximum absolute atomic E-state index is 8.41. The molecule has 60 valence electrons. The van der Waals surface area contributed by atoms with Gasteiger partial charge < -0.3 is 4.74 Å². The molecule has 1 rings (SSSR count). The summed E-state index contributed by atoms with van der Waals surface area (Å²) in [5, 5.41) is 8.41. The minimum Gasteiger partial charge on any atom is -0.495 e. The van der Waals surface area contributed by atoms with Gasteiger partial charge in [0.15, 0.2) is 0 Å². The monoisotopic (exact) mass is 160 g/mol. The lowest BCUT2D eigenvalue weighted by Crippen LogP contribution is -1.86. The van der Waals surface area contributed by atoms with Crippen LogP contribution in [-0.4, -0.2) is 12.1 Å². The van der Waals surface area contributed by atoms with E-state index in [1.807, 2.05) is 6.07 Å². The van der Waals surface area contributed by atoms with Crippen molar-refractivity contribution in [1.29, 1.82) is 5.26 Å². The van der Waals surface area contributed by atoms with Gasteiger partial charge in [0.25, 0.3) is 0 Å². The molecule has 0 aromatic carbocycles. The summed E-state index contributed by atoms with van der Waals surface area (Å²) in [5.74, 6) is 0.555. The summed E-state index contributed by atoms with van der Waals surface area (Å²) >= 11 is 0. The minimum absolute atomic E-state index is 0.555. The van der Waals surface area contributed by atoms with Gasteiger partial charge in [0.2, 0.25) is 0 Å². The first-order valence-corrected chi connectivity index (χ1v) is 3.42. The zero-order chi connectivity index (χ0) is 8.81. The largest absolute Gasteiger partial charge is 0.495 e. The fraction of sp³-hybridized carbons (Fsp3) is 0.111. The second-order valence-corrected chi connectivity index (χ2v) is 2.08. The smallest absolute Gasteiger partial charge is 0.136 e. The van der Waals surface area contributed by atoms with E-state index in [9.17, 15) is 0 Å². The van der Waals surface area contributed by atoms with Crippen molar-refractivity contribution in [1.82, 2.24) is 4.98 Å². The fourth-order valence-corrected chi connectivity index (χ4v) is 0.835. The molecule has 0 N–H and O–H groups in total. The van der Waals surface area contributed by atoms with Crippen molar-refractivity contribution in [3.63, 3.8) is 0 Å². The summed E-state index contributed by atoms with van der Waals surface area (Å²) in [6, 6.07) is 5.48. The predicted molar refractivity (Wildman–Crippen MR) is 44.8 cm³/mol. The Morgan fingerprint density at radius 1 is 1.58 bits per heavy atom. The molecule has 3 nitrogen and oxygen atoms in total. The predicted octanol–water partition coefficient (Wildman–Crippen LogP) is 1.59. The van der Waals surface area contributed by atoms with Crippen LogP contribution in [0.3, 0.4) is 0 Å². The first kappa shape index (κ1) is 8.28. The molecule has 0 aliphatic rings. The van der Waals surface area contributed by atoms with Crippen LogP contribution in [0.4, 0.5) is 0 Å².